The molecule has 0 bridgehead atoms. The van der Waals surface area contributed by atoms with Crippen LogP contribution in [0.15, 0.2) is 0 Å². The summed E-state index contributed by atoms with van der Waals surface area (Å²) >= 11 is 0. The minimum Gasteiger partial charge on any atom is -0.350 e. The summed E-state index contributed by atoms with van der Waals surface area (Å²) in [6.07, 6.45) is 3.57. The summed E-state index contributed by atoms with van der Waals surface area (Å²) in [7, 11) is 0. The average molecular weight is 377 g/mol. The van der Waals surface area contributed by atoms with Crippen molar-refractivity contribution >= 4 is 5.91 Å². The van der Waals surface area contributed by atoms with Gasteiger partial charge in [-0.1, -0.05) is 0 Å². The summed E-state index contributed by atoms with van der Waals surface area (Å²) in [5.74, 6) is -0.0596. The van der Waals surface area contributed by atoms with E-state index in [0.717, 1.165) is 45.7 Å². The van der Waals surface area contributed by atoms with Gasteiger partial charge in [-0.3, -0.25) is 15.0 Å². The molecule has 150 valence electrons. The Morgan fingerprint density at radius 1 is 1.30 bits per heavy atom. The number of amides is 1. The van der Waals surface area contributed by atoms with Crippen LogP contribution in [0.25, 0.3) is 0 Å². The minimum absolute atomic E-state index is 0.0200. The van der Waals surface area contributed by atoms with Gasteiger partial charge in [0.15, 0.2) is 0 Å². The molecule has 0 radical (unpaired) electrons. The fraction of sp³-hybridized carbons (Fsp3) is 0.889. The van der Waals surface area contributed by atoms with E-state index in [-0.39, 0.29) is 30.0 Å². The second kappa shape index (κ2) is 8.39. The maximum absolute atomic E-state index is 13.2. The molecule has 4 heterocycles. The molecule has 27 heavy (non-hydrogen) atoms. The van der Waals surface area contributed by atoms with E-state index in [0.29, 0.717) is 12.5 Å². The highest BCUT2D eigenvalue weighted by Gasteiger charge is 2.47. The number of nitriles is 1. The van der Waals surface area contributed by atoms with Crippen molar-refractivity contribution in [2.75, 3.05) is 39.3 Å². The molecule has 4 aliphatic heterocycles. The van der Waals surface area contributed by atoms with Gasteiger partial charge in [-0.2, -0.15) is 5.26 Å². The van der Waals surface area contributed by atoms with E-state index < -0.39 is 6.17 Å². The fourth-order valence-corrected chi connectivity index (χ4v) is 5.13. The van der Waals surface area contributed by atoms with Crippen molar-refractivity contribution in [2.24, 2.45) is 17.6 Å². The van der Waals surface area contributed by atoms with Crippen LogP contribution in [0.2, 0.25) is 0 Å². The van der Waals surface area contributed by atoms with Crippen LogP contribution in [0.5, 0.6) is 0 Å². The predicted octanol–water partition coefficient (Wildman–Crippen LogP) is -1.89. The zero-order valence-electron chi connectivity index (χ0n) is 15.9. The van der Waals surface area contributed by atoms with Crippen LogP contribution in [-0.4, -0.2) is 79.5 Å². The van der Waals surface area contributed by atoms with Gasteiger partial charge in [0.05, 0.1) is 30.4 Å². The Hall–Kier alpha value is -1.28. The molecular formula is C18H32N8O. The first kappa shape index (κ1) is 19.1. The van der Waals surface area contributed by atoms with Gasteiger partial charge in [0.1, 0.15) is 0 Å². The highest BCUT2D eigenvalue weighted by Crippen LogP contribution is 2.25. The normalized spacial score (nSPS) is 40.4. The first-order valence-electron chi connectivity index (χ1n) is 10.3. The Bertz CT molecular complexity index is 574. The number of piperidine rings is 1. The van der Waals surface area contributed by atoms with E-state index in [9.17, 15) is 4.79 Å². The van der Waals surface area contributed by atoms with E-state index in [1.165, 1.54) is 12.8 Å². The third-order valence-corrected chi connectivity index (χ3v) is 6.51. The van der Waals surface area contributed by atoms with E-state index in [1.807, 2.05) is 5.01 Å². The number of nitrogens with zero attached hydrogens (tertiary/aromatic N) is 3. The Kier molecular flexibility index (Phi) is 5.92. The van der Waals surface area contributed by atoms with E-state index in [4.69, 9.17) is 11.0 Å². The van der Waals surface area contributed by atoms with Gasteiger partial charge >= 0.3 is 0 Å². The highest BCUT2D eigenvalue weighted by molar-refractivity contribution is 5.81. The number of nitrogens with two attached hydrogens (primary N) is 1. The van der Waals surface area contributed by atoms with Crippen LogP contribution in [-0.2, 0) is 4.79 Å². The number of nitrogens with one attached hydrogen (secondary N) is 4. The zero-order chi connectivity index (χ0) is 18.8. The van der Waals surface area contributed by atoms with Gasteiger partial charge in [-0.25, -0.2) is 10.4 Å². The SMILES string of the molecule is N#CCC1CNC2C(C(=O)NC3CNCCC3N3CCCC3)C(N)NN2C1. The molecule has 0 saturated carbocycles. The molecule has 0 aromatic rings. The third kappa shape index (κ3) is 3.97. The number of hydrogen-bond donors (Lipinski definition) is 5. The Morgan fingerprint density at radius 2 is 2.11 bits per heavy atom. The van der Waals surface area contributed by atoms with Gasteiger partial charge in [0.25, 0.3) is 0 Å². The number of hydrazine groups is 1. The van der Waals surface area contributed by atoms with E-state index in [1.54, 1.807) is 0 Å². The summed E-state index contributed by atoms with van der Waals surface area (Å²) in [6.45, 7) is 5.59. The molecule has 0 spiro atoms. The average Bonchev–Trinajstić information content (AvgIpc) is 3.29. The van der Waals surface area contributed by atoms with Crippen molar-refractivity contribution in [3.8, 4) is 6.07 Å². The second-order valence-corrected chi connectivity index (χ2v) is 8.33. The molecular weight excluding hydrogens is 344 g/mol. The number of hydrogen-bond acceptors (Lipinski definition) is 8. The van der Waals surface area contributed by atoms with Crippen LogP contribution in [0.3, 0.4) is 0 Å². The molecule has 0 aromatic carbocycles. The van der Waals surface area contributed by atoms with Crippen LogP contribution in [0.4, 0.5) is 0 Å². The van der Waals surface area contributed by atoms with Crippen LogP contribution < -0.4 is 27.1 Å². The summed E-state index contributed by atoms with van der Waals surface area (Å²) < 4.78 is 0. The summed E-state index contributed by atoms with van der Waals surface area (Å²) in [5.41, 5.74) is 9.51. The number of fused-ring (bicyclic) bond motifs is 1. The lowest BCUT2D eigenvalue weighted by Crippen LogP contribution is -2.62. The summed E-state index contributed by atoms with van der Waals surface area (Å²) in [6, 6.07) is 2.77. The van der Waals surface area contributed by atoms with Crippen molar-refractivity contribution < 1.29 is 4.79 Å². The van der Waals surface area contributed by atoms with Gasteiger partial charge in [-0.15, -0.1) is 0 Å². The fourth-order valence-electron chi connectivity index (χ4n) is 5.13. The maximum Gasteiger partial charge on any atom is 0.229 e. The summed E-state index contributed by atoms with van der Waals surface area (Å²) in [5, 5.41) is 21.1. The first-order chi connectivity index (χ1) is 13.2. The molecule has 4 fully saturated rings. The number of carbonyl (C=O) groups is 1. The molecule has 9 nitrogen and oxygen atoms in total. The van der Waals surface area contributed by atoms with E-state index >= 15 is 0 Å². The monoisotopic (exact) mass is 376 g/mol. The molecule has 9 heteroatoms. The largest absolute Gasteiger partial charge is 0.350 e. The standard InChI is InChI=1S/C18H32N8O/c19-5-3-12-9-22-17-15(16(20)24-26(17)11-12)18(27)23-13-10-21-6-4-14(13)25-7-1-2-8-25/h12-17,21-22,24H,1-4,6-11,20H2,(H,23,27). The van der Waals surface area contributed by atoms with E-state index in [2.05, 4.69) is 32.3 Å². The molecule has 4 aliphatic rings. The zero-order valence-corrected chi connectivity index (χ0v) is 15.9. The number of carbonyl (C=O) groups excluding carboxylic acids is 1. The first-order valence-corrected chi connectivity index (χ1v) is 10.3. The van der Waals surface area contributed by atoms with Gasteiger partial charge in [-0.05, 0) is 44.8 Å². The van der Waals surface area contributed by atoms with Crippen molar-refractivity contribution in [1.82, 2.24) is 31.3 Å². The molecule has 4 rings (SSSR count). The molecule has 1 amide bonds. The number of rotatable bonds is 4. The molecule has 6 atom stereocenters. The molecule has 6 N–H and O–H groups in total. The lowest BCUT2D eigenvalue weighted by atomic mass is 9.95. The topological polar surface area (TPSA) is 121 Å². The van der Waals surface area contributed by atoms with Crippen molar-refractivity contribution in [3.63, 3.8) is 0 Å². The smallest absolute Gasteiger partial charge is 0.229 e. The van der Waals surface area contributed by atoms with Gasteiger partial charge in [0, 0.05) is 32.1 Å². The molecule has 0 aliphatic carbocycles. The second-order valence-electron chi connectivity index (χ2n) is 8.33. The van der Waals surface area contributed by atoms with Gasteiger partial charge < -0.3 is 16.4 Å². The Morgan fingerprint density at radius 3 is 2.89 bits per heavy atom. The minimum atomic E-state index is -0.412. The van der Waals surface area contributed by atoms with Crippen LogP contribution in [0.1, 0.15) is 25.7 Å². The van der Waals surface area contributed by atoms with Crippen molar-refractivity contribution in [3.05, 3.63) is 0 Å². The molecule has 0 aromatic heterocycles. The van der Waals surface area contributed by atoms with Crippen LogP contribution in [0, 0.1) is 23.2 Å². The highest BCUT2D eigenvalue weighted by atomic mass is 16.2. The van der Waals surface area contributed by atoms with Crippen molar-refractivity contribution in [1.29, 1.82) is 5.26 Å². The summed E-state index contributed by atoms with van der Waals surface area (Å²) in [4.78, 5) is 15.7. The predicted molar refractivity (Wildman–Crippen MR) is 101 cm³/mol. The molecule has 6 unspecified atom stereocenters. The van der Waals surface area contributed by atoms with Crippen LogP contribution >= 0.6 is 0 Å². The maximum atomic E-state index is 13.2. The number of likely N-dealkylation sites (tertiary alicyclic amines) is 1. The lowest BCUT2D eigenvalue weighted by Gasteiger charge is -2.40. The third-order valence-electron chi connectivity index (χ3n) is 6.51. The molecule has 4 saturated heterocycles. The van der Waals surface area contributed by atoms with Crippen molar-refractivity contribution in [2.45, 2.75) is 50.1 Å². The van der Waals surface area contributed by atoms with Gasteiger partial charge in [0.2, 0.25) is 5.91 Å². The Balaban J connectivity index is 1.39. The lowest BCUT2D eigenvalue weighted by molar-refractivity contribution is -0.128. The Labute approximate surface area is 161 Å². The quantitative estimate of drug-likeness (QED) is 0.386.